The van der Waals surface area contributed by atoms with Crippen LogP contribution in [0.2, 0.25) is 0 Å². The highest BCUT2D eigenvalue weighted by molar-refractivity contribution is 14.0. The van der Waals surface area contributed by atoms with Crippen LogP contribution in [0, 0.1) is 0 Å². The lowest BCUT2D eigenvalue weighted by Crippen LogP contribution is -2.41. The van der Waals surface area contributed by atoms with Crippen molar-refractivity contribution in [2.45, 2.75) is 24.5 Å². The number of guanidine groups is 1. The Morgan fingerprint density at radius 1 is 1.06 bits per heavy atom. The number of nitrogens with one attached hydrogen (secondary N) is 2. The summed E-state index contributed by atoms with van der Waals surface area (Å²) in [6.07, 6.45) is -0.115. The molecule has 0 amide bonds. The van der Waals surface area contributed by atoms with Crippen LogP contribution in [-0.4, -0.2) is 59.6 Å². The molecule has 2 N–H and O–H groups in total. The van der Waals surface area contributed by atoms with Gasteiger partial charge in [0.15, 0.2) is 17.5 Å². The summed E-state index contributed by atoms with van der Waals surface area (Å²) in [5, 5.41) is 6.43. The van der Waals surface area contributed by atoms with Crippen molar-refractivity contribution in [3.63, 3.8) is 0 Å². The molecule has 0 aliphatic heterocycles. The monoisotopic (exact) mass is 562 g/mol. The minimum absolute atomic E-state index is 0. The molecule has 1 atom stereocenters. The molecule has 2 aromatic carbocycles. The average molecular weight is 562 g/mol. The molecule has 8 nitrogen and oxygen atoms in total. The molecule has 172 valence electrons. The first-order valence-electron chi connectivity index (χ1n) is 9.53. The number of hydrogen-bond donors (Lipinski definition) is 2. The lowest BCUT2D eigenvalue weighted by molar-refractivity contribution is 0.213. The standard InChI is InChI=1S/C21H30N4O4S.HI/c1-16(29-20-9-7-6-8-19(20)28-5)14-23-21(22-2)24-15-17-10-12-18(13-11-17)30(26,27)25(3)4;/h6-13,16H,14-15H2,1-5H3,(H2,22,23,24);1H. The number of sulfonamides is 1. The van der Waals surface area contributed by atoms with Gasteiger partial charge in [-0.05, 0) is 36.8 Å². The quantitative estimate of drug-likeness (QED) is 0.278. The Kier molecular flexibility index (Phi) is 11.1. The Balaban J connectivity index is 0.00000480. The van der Waals surface area contributed by atoms with Crippen molar-refractivity contribution < 1.29 is 17.9 Å². The predicted molar refractivity (Wildman–Crippen MR) is 134 cm³/mol. The van der Waals surface area contributed by atoms with Gasteiger partial charge in [0.1, 0.15) is 6.10 Å². The zero-order chi connectivity index (χ0) is 22.1. The van der Waals surface area contributed by atoms with E-state index in [1.54, 1.807) is 38.4 Å². The second-order valence-corrected chi connectivity index (χ2v) is 8.97. The number of rotatable bonds is 9. The Hall–Kier alpha value is -2.05. The minimum Gasteiger partial charge on any atom is -0.493 e. The smallest absolute Gasteiger partial charge is 0.242 e. The zero-order valence-corrected chi connectivity index (χ0v) is 21.6. The first kappa shape index (κ1) is 27.0. The summed E-state index contributed by atoms with van der Waals surface area (Å²) in [6, 6.07) is 14.3. The topological polar surface area (TPSA) is 92.3 Å². The molecule has 0 aliphatic carbocycles. The average Bonchev–Trinajstić information content (AvgIpc) is 2.74. The van der Waals surface area contributed by atoms with Crippen molar-refractivity contribution in [3.05, 3.63) is 54.1 Å². The Morgan fingerprint density at radius 3 is 2.23 bits per heavy atom. The molecule has 0 aliphatic rings. The van der Waals surface area contributed by atoms with Gasteiger partial charge in [-0.1, -0.05) is 24.3 Å². The molecule has 0 saturated heterocycles. The Labute approximate surface area is 202 Å². The van der Waals surface area contributed by atoms with E-state index in [1.165, 1.54) is 18.4 Å². The molecular weight excluding hydrogens is 531 g/mol. The predicted octanol–water partition coefficient (Wildman–Crippen LogP) is 2.70. The Bertz CT molecular complexity index is 950. The number of hydrogen-bond acceptors (Lipinski definition) is 5. The first-order chi connectivity index (χ1) is 14.3. The molecule has 2 aromatic rings. The second-order valence-electron chi connectivity index (χ2n) is 6.82. The van der Waals surface area contributed by atoms with Crippen molar-refractivity contribution >= 4 is 40.0 Å². The van der Waals surface area contributed by atoms with Gasteiger partial charge in [-0.25, -0.2) is 12.7 Å². The number of ether oxygens (including phenoxy) is 2. The lowest BCUT2D eigenvalue weighted by Gasteiger charge is -2.19. The molecule has 0 fully saturated rings. The summed E-state index contributed by atoms with van der Waals surface area (Å²) in [5.41, 5.74) is 0.939. The second kappa shape index (κ2) is 12.7. The van der Waals surface area contributed by atoms with E-state index >= 15 is 0 Å². The maximum atomic E-state index is 12.1. The van der Waals surface area contributed by atoms with E-state index in [0.717, 1.165) is 5.56 Å². The van der Waals surface area contributed by atoms with Crippen LogP contribution in [0.3, 0.4) is 0 Å². The van der Waals surface area contributed by atoms with Crippen LogP contribution in [-0.2, 0) is 16.6 Å². The van der Waals surface area contributed by atoms with E-state index in [-0.39, 0.29) is 35.0 Å². The van der Waals surface area contributed by atoms with Crippen LogP contribution >= 0.6 is 24.0 Å². The summed E-state index contributed by atoms with van der Waals surface area (Å²) in [7, 11) is 2.90. The SMILES string of the molecule is CN=C(NCc1ccc(S(=O)(=O)N(C)C)cc1)NCC(C)Oc1ccccc1OC.I. The van der Waals surface area contributed by atoms with E-state index in [1.807, 2.05) is 31.2 Å². The molecule has 0 spiro atoms. The van der Waals surface area contributed by atoms with E-state index in [2.05, 4.69) is 15.6 Å². The van der Waals surface area contributed by atoms with Crippen molar-refractivity contribution in [1.82, 2.24) is 14.9 Å². The number of nitrogens with zero attached hydrogens (tertiary/aromatic N) is 2. The van der Waals surface area contributed by atoms with Gasteiger partial charge < -0.3 is 20.1 Å². The molecule has 1 unspecified atom stereocenters. The summed E-state index contributed by atoms with van der Waals surface area (Å²) < 4.78 is 36.7. The van der Waals surface area contributed by atoms with Crippen LogP contribution in [0.4, 0.5) is 0 Å². The molecule has 10 heteroatoms. The van der Waals surface area contributed by atoms with E-state index in [0.29, 0.717) is 30.5 Å². The number of methoxy groups -OCH3 is 1. The summed E-state index contributed by atoms with van der Waals surface area (Å²) in [5.74, 6) is 1.99. The summed E-state index contributed by atoms with van der Waals surface area (Å²) in [6.45, 7) is 3.00. The number of para-hydroxylation sites is 2. The highest BCUT2D eigenvalue weighted by Crippen LogP contribution is 2.26. The normalized spacial score (nSPS) is 12.6. The molecule has 0 heterocycles. The fourth-order valence-electron chi connectivity index (χ4n) is 2.61. The van der Waals surface area contributed by atoms with Gasteiger partial charge in [-0.3, -0.25) is 4.99 Å². The van der Waals surface area contributed by atoms with Gasteiger partial charge >= 0.3 is 0 Å². The molecule has 0 bridgehead atoms. The first-order valence-corrected chi connectivity index (χ1v) is 11.0. The molecule has 0 saturated carbocycles. The van der Waals surface area contributed by atoms with Crippen molar-refractivity contribution in [3.8, 4) is 11.5 Å². The number of aliphatic imine (C=N–C) groups is 1. The highest BCUT2D eigenvalue weighted by Gasteiger charge is 2.16. The molecule has 0 aromatic heterocycles. The van der Waals surface area contributed by atoms with Crippen LogP contribution in [0.15, 0.2) is 58.4 Å². The number of benzene rings is 2. The fourth-order valence-corrected chi connectivity index (χ4v) is 3.51. The summed E-state index contributed by atoms with van der Waals surface area (Å²) >= 11 is 0. The van der Waals surface area contributed by atoms with E-state index in [4.69, 9.17) is 9.47 Å². The third-order valence-electron chi connectivity index (χ3n) is 4.34. The van der Waals surface area contributed by atoms with Gasteiger partial charge in [-0.2, -0.15) is 0 Å². The van der Waals surface area contributed by atoms with Crippen molar-refractivity contribution in [1.29, 1.82) is 0 Å². The van der Waals surface area contributed by atoms with E-state index in [9.17, 15) is 8.42 Å². The van der Waals surface area contributed by atoms with Crippen molar-refractivity contribution in [2.24, 2.45) is 4.99 Å². The Morgan fingerprint density at radius 2 is 1.68 bits per heavy atom. The van der Waals surface area contributed by atoms with Gasteiger partial charge in [0, 0.05) is 27.7 Å². The minimum atomic E-state index is -3.42. The lowest BCUT2D eigenvalue weighted by atomic mass is 10.2. The molecule has 2 rings (SSSR count). The van der Waals surface area contributed by atoms with Gasteiger partial charge in [-0.15, -0.1) is 24.0 Å². The fraction of sp³-hybridized carbons (Fsp3) is 0.381. The van der Waals surface area contributed by atoms with Crippen molar-refractivity contribution in [2.75, 3.05) is 34.8 Å². The van der Waals surface area contributed by atoms with Crippen LogP contribution in [0.5, 0.6) is 11.5 Å². The van der Waals surface area contributed by atoms with Gasteiger partial charge in [0.2, 0.25) is 10.0 Å². The molecule has 0 radical (unpaired) electrons. The van der Waals surface area contributed by atoms with Gasteiger partial charge in [0.05, 0.1) is 18.6 Å². The highest BCUT2D eigenvalue weighted by atomic mass is 127. The third-order valence-corrected chi connectivity index (χ3v) is 6.17. The largest absolute Gasteiger partial charge is 0.493 e. The third kappa shape index (κ3) is 7.86. The van der Waals surface area contributed by atoms with Crippen LogP contribution < -0.4 is 20.1 Å². The number of halogens is 1. The van der Waals surface area contributed by atoms with E-state index < -0.39 is 10.0 Å². The maximum absolute atomic E-state index is 12.1. The molecule has 31 heavy (non-hydrogen) atoms. The van der Waals surface area contributed by atoms with Gasteiger partial charge in [0.25, 0.3) is 0 Å². The maximum Gasteiger partial charge on any atom is 0.242 e. The zero-order valence-electron chi connectivity index (χ0n) is 18.5. The van der Waals surface area contributed by atoms with Crippen LogP contribution in [0.1, 0.15) is 12.5 Å². The van der Waals surface area contributed by atoms with Crippen LogP contribution in [0.25, 0.3) is 0 Å². The molecular formula is C21H31IN4O4S. The summed E-state index contributed by atoms with van der Waals surface area (Å²) in [4.78, 5) is 4.47.